The SMILES string of the molecule is COc1c(C2CCNC2)ccc2c1CCCN2C. The molecule has 3 heteroatoms. The zero-order chi connectivity index (χ0) is 12.5. The second kappa shape index (κ2) is 4.81. The molecule has 1 atom stereocenters. The van der Waals surface area contributed by atoms with Crippen molar-refractivity contribution in [1.82, 2.24) is 5.32 Å². The van der Waals surface area contributed by atoms with E-state index in [1.165, 1.54) is 29.7 Å². The van der Waals surface area contributed by atoms with E-state index in [1.54, 1.807) is 0 Å². The summed E-state index contributed by atoms with van der Waals surface area (Å²) in [7, 11) is 3.99. The molecule has 0 bridgehead atoms. The van der Waals surface area contributed by atoms with Gasteiger partial charge in [-0.2, -0.15) is 0 Å². The van der Waals surface area contributed by atoms with E-state index < -0.39 is 0 Å². The number of fused-ring (bicyclic) bond motifs is 1. The first-order chi connectivity index (χ1) is 8.81. The highest BCUT2D eigenvalue weighted by Gasteiger charge is 2.25. The predicted molar refractivity (Wildman–Crippen MR) is 74.8 cm³/mol. The summed E-state index contributed by atoms with van der Waals surface area (Å²) in [5.74, 6) is 1.77. The van der Waals surface area contributed by atoms with E-state index in [9.17, 15) is 0 Å². The first-order valence-electron chi connectivity index (χ1n) is 6.93. The van der Waals surface area contributed by atoms with Gasteiger partial charge in [0, 0.05) is 37.3 Å². The number of hydrogen-bond acceptors (Lipinski definition) is 3. The van der Waals surface area contributed by atoms with Crippen LogP contribution in [0.3, 0.4) is 0 Å². The summed E-state index contributed by atoms with van der Waals surface area (Å²) in [6, 6.07) is 4.56. The predicted octanol–water partition coefficient (Wildman–Crippen LogP) is 2.15. The van der Waals surface area contributed by atoms with Crippen LogP contribution in [0.1, 0.15) is 29.9 Å². The maximum atomic E-state index is 5.75. The fourth-order valence-electron chi connectivity index (χ4n) is 3.33. The molecule has 1 fully saturated rings. The molecular weight excluding hydrogens is 224 g/mol. The fourth-order valence-corrected chi connectivity index (χ4v) is 3.33. The van der Waals surface area contributed by atoms with Crippen molar-refractivity contribution >= 4 is 5.69 Å². The monoisotopic (exact) mass is 246 g/mol. The minimum absolute atomic E-state index is 0.623. The number of methoxy groups -OCH3 is 1. The van der Waals surface area contributed by atoms with Gasteiger partial charge in [-0.25, -0.2) is 0 Å². The van der Waals surface area contributed by atoms with E-state index in [4.69, 9.17) is 4.74 Å². The van der Waals surface area contributed by atoms with Gasteiger partial charge < -0.3 is 15.0 Å². The van der Waals surface area contributed by atoms with Crippen LogP contribution < -0.4 is 15.0 Å². The first-order valence-corrected chi connectivity index (χ1v) is 6.93. The number of nitrogens with zero attached hydrogens (tertiary/aromatic N) is 1. The maximum absolute atomic E-state index is 5.75. The van der Waals surface area contributed by atoms with Crippen molar-refractivity contribution in [3.05, 3.63) is 23.3 Å². The summed E-state index contributed by atoms with van der Waals surface area (Å²) < 4.78 is 5.75. The smallest absolute Gasteiger partial charge is 0.127 e. The third-order valence-corrected chi connectivity index (χ3v) is 4.30. The van der Waals surface area contributed by atoms with Gasteiger partial charge in [-0.05, 0) is 37.4 Å². The Balaban J connectivity index is 2.05. The van der Waals surface area contributed by atoms with Crippen molar-refractivity contribution in [3.63, 3.8) is 0 Å². The molecule has 1 N–H and O–H groups in total. The Labute approximate surface area is 109 Å². The topological polar surface area (TPSA) is 24.5 Å². The highest BCUT2D eigenvalue weighted by atomic mass is 16.5. The molecule has 18 heavy (non-hydrogen) atoms. The Bertz CT molecular complexity index is 438. The largest absolute Gasteiger partial charge is 0.496 e. The molecule has 3 rings (SSSR count). The number of nitrogens with one attached hydrogen (secondary N) is 1. The Morgan fingerprint density at radius 3 is 3.00 bits per heavy atom. The van der Waals surface area contributed by atoms with Gasteiger partial charge >= 0.3 is 0 Å². The number of ether oxygens (including phenoxy) is 1. The normalized spacial score (nSPS) is 23.0. The van der Waals surface area contributed by atoms with E-state index in [-0.39, 0.29) is 0 Å². The molecule has 1 saturated heterocycles. The zero-order valence-corrected chi connectivity index (χ0v) is 11.3. The summed E-state index contributed by atoms with van der Waals surface area (Å²) in [6.07, 6.45) is 3.61. The third-order valence-electron chi connectivity index (χ3n) is 4.30. The van der Waals surface area contributed by atoms with Crippen molar-refractivity contribution in [1.29, 1.82) is 0 Å². The molecule has 0 saturated carbocycles. The standard InChI is InChI=1S/C15H22N2O/c1-17-9-3-4-13-14(17)6-5-12(15(13)18-2)11-7-8-16-10-11/h5-6,11,16H,3-4,7-10H2,1-2H3. The quantitative estimate of drug-likeness (QED) is 0.865. The molecule has 1 aromatic carbocycles. The molecule has 0 amide bonds. The second-order valence-electron chi connectivity index (χ2n) is 5.40. The number of rotatable bonds is 2. The third kappa shape index (κ3) is 1.87. The second-order valence-corrected chi connectivity index (χ2v) is 5.40. The summed E-state index contributed by atoms with van der Waals surface area (Å²) in [5.41, 5.74) is 4.17. The Hall–Kier alpha value is -1.22. The Morgan fingerprint density at radius 2 is 2.28 bits per heavy atom. The minimum atomic E-state index is 0.623. The van der Waals surface area contributed by atoms with E-state index in [0.29, 0.717) is 5.92 Å². The summed E-state index contributed by atoms with van der Waals surface area (Å²) in [5, 5.41) is 3.44. The van der Waals surface area contributed by atoms with E-state index in [2.05, 4.69) is 29.4 Å². The van der Waals surface area contributed by atoms with Gasteiger partial charge in [-0.3, -0.25) is 0 Å². The minimum Gasteiger partial charge on any atom is -0.496 e. The lowest BCUT2D eigenvalue weighted by Gasteiger charge is -2.30. The number of anilines is 1. The number of hydrogen-bond donors (Lipinski definition) is 1. The zero-order valence-electron chi connectivity index (χ0n) is 11.3. The van der Waals surface area contributed by atoms with Gasteiger partial charge in [0.1, 0.15) is 5.75 Å². The molecule has 1 aromatic rings. The first kappa shape index (κ1) is 11.8. The lowest BCUT2D eigenvalue weighted by Crippen LogP contribution is -2.25. The highest BCUT2D eigenvalue weighted by Crippen LogP contribution is 2.40. The van der Waals surface area contributed by atoms with E-state index in [0.717, 1.165) is 31.8 Å². The molecule has 0 spiro atoms. The number of benzene rings is 1. The molecular formula is C15H22N2O. The summed E-state index contributed by atoms with van der Waals surface area (Å²) in [4.78, 5) is 2.35. The fraction of sp³-hybridized carbons (Fsp3) is 0.600. The summed E-state index contributed by atoms with van der Waals surface area (Å²) >= 11 is 0. The average molecular weight is 246 g/mol. The van der Waals surface area contributed by atoms with Crippen molar-refractivity contribution in [3.8, 4) is 5.75 Å². The molecule has 0 aromatic heterocycles. The average Bonchev–Trinajstić information content (AvgIpc) is 2.91. The lowest BCUT2D eigenvalue weighted by atomic mass is 9.91. The molecule has 3 nitrogen and oxygen atoms in total. The Kier molecular flexibility index (Phi) is 3.16. The van der Waals surface area contributed by atoms with Gasteiger partial charge in [-0.1, -0.05) is 6.07 Å². The molecule has 2 aliphatic heterocycles. The van der Waals surface area contributed by atoms with Crippen LogP contribution in [0.2, 0.25) is 0 Å². The lowest BCUT2D eigenvalue weighted by molar-refractivity contribution is 0.399. The van der Waals surface area contributed by atoms with Gasteiger partial charge in [-0.15, -0.1) is 0 Å². The molecule has 98 valence electrons. The van der Waals surface area contributed by atoms with Gasteiger partial charge in [0.05, 0.1) is 7.11 Å². The molecule has 0 aliphatic carbocycles. The van der Waals surface area contributed by atoms with Gasteiger partial charge in [0.25, 0.3) is 0 Å². The molecule has 0 radical (unpaired) electrons. The van der Waals surface area contributed by atoms with Crippen molar-refractivity contribution in [2.45, 2.75) is 25.2 Å². The van der Waals surface area contributed by atoms with Crippen molar-refractivity contribution in [2.75, 3.05) is 38.7 Å². The van der Waals surface area contributed by atoms with Crippen LogP contribution >= 0.6 is 0 Å². The molecule has 1 unspecified atom stereocenters. The van der Waals surface area contributed by atoms with Crippen LogP contribution in [0, 0.1) is 0 Å². The molecule has 2 heterocycles. The van der Waals surface area contributed by atoms with Gasteiger partial charge in [0.15, 0.2) is 0 Å². The Morgan fingerprint density at radius 1 is 1.39 bits per heavy atom. The van der Waals surface area contributed by atoms with Gasteiger partial charge in [0.2, 0.25) is 0 Å². The van der Waals surface area contributed by atoms with E-state index in [1.807, 2.05) is 7.11 Å². The van der Waals surface area contributed by atoms with Crippen LogP contribution in [-0.2, 0) is 6.42 Å². The van der Waals surface area contributed by atoms with Crippen LogP contribution in [0.25, 0.3) is 0 Å². The van der Waals surface area contributed by atoms with Crippen LogP contribution in [0.5, 0.6) is 5.75 Å². The van der Waals surface area contributed by atoms with Crippen molar-refractivity contribution in [2.24, 2.45) is 0 Å². The van der Waals surface area contributed by atoms with Crippen LogP contribution in [0.15, 0.2) is 12.1 Å². The summed E-state index contributed by atoms with van der Waals surface area (Å²) in [6.45, 7) is 3.37. The molecule has 2 aliphatic rings. The van der Waals surface area contributed by atoms with Crippen molar-refractivity contribution < 1.29 is 4.74 Å². The van der Waals surface area contributed by atoms with E-state index >= 15 is 0 Å². The maximum Gasteiger partial charge on any atom is 0.127 e. The van der Waals surface area contributed by atoms with Crippen LogP contribution in [0.4, 0.5) is 5.69 Å². The highest BCUT2D eigenvalue weighted by molar-refractivity contribution is 5.63. The van der Waals surface area contributed by atoms with Crippen LogP contribution in [-0.4, -0.2) is 33.8 Å².